The number of hydrogen-bond acceptors (Lipinski definition) is 5. The molecule has 0 aromatic heterocycles. The standard InChI is InChI=1S/C30H36BrN3O5S/c1-21(2)18-32-30(36)23(4)33(19-24-7-6-8-27(17-24)39-5)29(35)20-34(26-13-11-25(31)12-14-26)40(37,38)28-15-9-22(3)10-16-28/h6-17,21,23H,18-20H2,1-5H3,(H,32,36)/t23-/m0/s1. The Labute approximate surface area is 245 Å². The lowest BCUT2D eigenvalue weighted by atomic mass is 10.1. The van der Waals surface area contributed by atoms with E-state index in [2.05, 4.69) is 21.2 Å². The fourth-order valence-corrected chi connectivity index (χ4v) is 5.65. The summed E-state index contributed by atoms with van der Waals surface area (Å²) in [5.74, 6) is 0.00151. The molecule has 3 aromatic carbocycles. The Morgan fingerprint density at radius 1 is 0.975 bits per heavy atom. The third-order valence-corrected chi connectivity index (χ3v) is 8.66. The van der Waals surface area contributed by atoms with Crippen molar-refractivity contribution in [2.45, 2.75) is 45.2 Å². The van der Waals surface area contributed by atoms with Crippen LogP contribution in [0.2, 0.25) is 0 Å². The molecular formula is C30H36BrN3O5S. The van der Waals surface area contributed by atoms with E-state index in [0.29, 0.717) is 18.0 Å². The molecular weight excluding hydrogens is 594 g/mol. The topological polar surface area (TPSA) is 96.0 Å². The number of amides is 2. The molecule has 1 atom stereocenters. The van der Waals surface area contributed by atoms with Crippen molar-refractivity contribution in [3.8, 4) is 5.75 Å². The van der Waals surface area contributed by atoms with Gasteiger partial charge < -0.3 is 15.0 Å². The zero-order chi connectivity index (χ0) is 29.4. The maximum absolute atomic E-state index is 14.0. The molecule has 0 heterocycles. The van der Waals surface area contributed by atoms with E-state index in [1.54, 1.807) is 68.6 Å². The Bertz CT molecular complexity index is 1410. The number of methoxy groups -OCH3 is 1. The van der Waals surface area contributed by atoms with Gasteiger partial charge in [0, 0.05) is 17.6 Å². The van der Waals surface area contributed by atoms with Gasteiger partial charge in [0.2, 0.25) is 11.8 Å². The van der Waals surface area contributed by atoms with Crippen LogP contribution in [-0.4, -0.2) is 51.4 Å². The summed E-state index contributed by atoms with van der Waals surface area (Å²) in [6.07, 6.45) is 0. The number of benzene rings is 3. The lowest BCUT2D eigenvalue weighted by Gasteiger charge is -2.32. The van der Waals surface area contributed by atoms with Crippen LogP contribution in [0.5, 0.6) is 5.75 Å². The van der Waals surface area contributed by atoms with Gasteiger partial charge in [0.1, 0.15) is 18.3 Å². The number of halogens is 1. The Balaban J connectivity index is 2.01. The molecule has 10 heteroatoms. The number of carbonyl (C=O) groups is 2. The van der Waals surface area contributed by atoms with Crippen LogP contribution in [0.4, 0.5) is 5.69 Å². The number of nitrogens with zero attached hydrogens (tertiary/aromatic N) is 2. The van der Waals surface area contributed by atoms with Gasteiger partial charge in [0.25, 0.3) is 10.0 Å². The van der Waals surface area contributed by atoms with Crippen LogP contribution < -0.4 is 14.4 Å². The highest BCUT2D eigenvalue weighted by Gasteiger charge is 2.32. The van der Waals surface area contributed by atoms with Crippen molar-refractivity contribution in [2.75, 3.05) is 24.5 Å². The molecule has 0 saturated carbocycles. The third-order valence-electron chi connectivity index (χ3n) is 6.34. The molecule has 8 nitrogen and oxygen atoms in total. The Hall–Kier alpha value is -3.37. The van der Waals surface area contributed by atoms with Crippen molar-refractivity contribution in [2.24, 2.45) is 5.92 Å². The van der Waals surface area contributed by atoms with Gasteiger partial charge >= 0.3 is 0 Å². The monoisotopic (exact) mass is 629 g/mol. The first kappa shape index (κ1) is 31.2. The van der Waals surface area contributed by atoms with E-state index in [-0.39, 0.29) is 23.3 Å². The normalized spacial score (nSPS) is 12.1. The van der Waals surface area contributed by atoms with Crippen molar-refractivity contribution in [3.05, 3.63) is 88.4 Å². The minimum absolute atomic E-state index is 0.0656. The van der Waals surface area contributed by atoms with Gasteiger partial charge in [0.05, 0.1) is 17.7 Å². The molecule has 2 amide bonds. The predicted molar refractivity (Wildman–Crippen MR) is 161 cm³/mol. The highest BCUT2D eigenvalue weighted by atomic mass is 79.9. The second-order valence-corrected chi connectivity index (χ2v) is 12.8. The van der Waals surface area contributed by atoms with E-state index in [1.807, 2.05) is 26.8 Å². The molecule has 0 fully saturated rings. The molecule has 0 saturated heterocycles. The van der Waals surface area contributed by atoms with Crippen molar-refractivity contribution >= 4 is 43.5 Å². The van der Waals surface area contributed by atoms with E-state index in [1.165, 1.54) is 17.0 Å². The predicted octanol–water partition coefficient (Wildman–Crippen LogP) is 5.15. The molecule has 0 aliphatic rings. The molecule has 40 heavy (non-hydrogen) atoms. The maximum atomic E-state index is 14.0. The highest BCUT2D eigenvalue weighted by Crippen LogP contribution is 2.26. The molecule has 3 aromatic rings. The summed E-state index contributed by atoms with van der Waals surface area (Å²) >= 11 is 3.38. The number of aryl methyl sites for hydroxylation is 1. The Morgan fingerprint density at radius 3 is 2.23 bits per heavy atom. The number of sulfonamides is 1. The van der Waals surface area contributed by atoms with Gasteiger partial charge in [-0.15, -0.1) is 0 Å². The Kier molecular flexibility index (Phi) is 10.8. The van der Waals surface area contributed by atoms with Crippen LogP contribution in [0.3, 0.4) is 0 Å². The smallest absolute Gasteiger partial charge is 0.264 e. The molecule has 0 aliphatic carbocycles. The molecule has 0 bridgehead atoms. The van der Waals surface area contributed by atoms with Gasteiger partial charge in [-0.05, 0) is 73.9 Å². The summed E-state index contributed by atoms with van der Waals surface area (Å²) in [6.45, 7) is 7.53. The molecule has 1 N–H and O–H groups in total. The van der Waals surface area contributed by atoms with Crippen LogP contribution >= 0.6 is 15.9 Å². The summed E-state index contributed by atoms with van der Waals surface area (Å²) < 4.78 is 34.9. The van der Waals surface area contributed by atoms with Gasteiger partial charge in [-0.1, -0.05) is 59.6 Å². The summed E-state index contributed by atoms with van der Waals surface area (Å²) in [5, 5.41) is 2.88. The van der Waals surface area contributed by atoms with Gasteiger partial charge in [-0.2, -0.15) is 0 Å². The molecule has 214 valence electrons. The van der Waals surface area contributed by atoms with Crippen LogP contribution in [0, 0.1) is 12.8 Å². The number of nitrogens with one attached hydrogen (secondary N) is 1. The highest BCUT2D eigenvalue weighted by molar-refractivity contribution is 9.10. The zero-order valence-corrected chi connectivity index (χ0v) is 25.8. The number of hydrogen-bond donors (Lipinski definition) is 1. The summed E-state index contributed by atoms with van der Waals surface area (Å²) in [5.41, 5.74) is 1.99. The maximum Gasteiger partial charge on any atom is 0.264 e. The first-order valence-corrected chi connectivity index (χ1v) is 15.2. The second kappa shape index (κ2) is 13.8. The van der Waals surface area contributed by atoms with Crippen molar-refractivity contribution < 1.29 is 22.7 Å². The SMILES string of the molecule is COc1cccc(CN(C(=O)CN(c2ccc(Br)cc2)S(=O)(=O)c2ccc(C)cc2)[C@@H](C)C(=O)NCC(C)C)c1. The fraction of sp³-hybridized carbons (Fsp3) is 0.333. The lowest BCUT2D eigenvalue weighted by Crippen LogP contribution is -2.51. The van der Waals surface area contributed by atoms with E-state index in [9.17, 15) is 18.0 Å². The fourth-order valence-electron chi connectivity index (χ4n) is 3.98. The minimum atomic E-state index is -4.11. The van der Waals surface area contributed by atoms with Gasteiger partial charge in [0.15, 0.2) is 0 Å². The van der Waals surface area contributed by atoms with Crippen LogP contribution in [-0.2, 0) is 26.2 Å². The molecule has 0 spiro atoms. The number of rotatable bonds is 12. The van der Waals surface area contributed by atoms with Crippen LogP contribution in [0.25, 0.3) is 0 Å². The van der Waals surface area contributed by atoms with Crippen molar-refractivity contribution in [1.82, 2.24) is 10.2 Å². The second-order valence-electron chi connectivity index (χ2n) is 9.99. The number of ether oxygens (including phenoxy) is 1. The first-order valence-electron chi connectivity index (χ1n) is 13.0. The van der Waals surface area contributed by atoms with E-state index in [4.69, 9.17) is 4.74 Å². The molecule has 0 unspecified atom stereocenters. The average molecular weight is 631 g/mol. The lowest BCUT2D eigenvalue weighted by molar-refractivity contribution is -0.139. The van der Waals surface area contributed by atoms with Gasteiger partial charge in [-0.25, -0.2) is 8.42 Å². The largest absolute Gasteiger partial charge is 0.497 e. The van der Waals surface area contributed by atoms with Crippen LogP contribution in [0.15, 0.2) is 82.2 Å². The third kappa shape index (κ3) is 8.08. The Morgan fingerprint density at radius 2 is 1.62 bits per heavy atom. The molecule has 0 radical (unpaired) electrons. The van der Waals surface area contributed by atoms with Crippen molar-refractivity contribution in [1.29, 1.82) is 0 Å². The summed E-state index contributed by atoms with van der Waals surface area (Å²) in [6, 6.07) is 19.5. The zero-order valence-electron chi connectivity index (χ0n) is 23.4. The molecule has 0 aliphatic heterocycles. The summed E-state index contributed by atoms with van der Waals surface area (Å²) in [7, 11) is -2.56. The number of carbonyl (C=O) groups excluding carboxylic acids is 2. The number of anilines is 1. The van der Waals surface area contributed by atoms with E-state index < -0.39 is 28.5 Å². The van der Waals surface area contributed by atoms with Crippen molar-refractivity contribution in [3.63, 3.8) is 0 Å². The van der Waals surface area contributed by atoms with E-state index in [0.717, 1.165) is 19.9 Å². The first-order chi connectivity index (χ1) is 18.9. The minimum Gasteiger partial charge on any atom is -0.497 e. The quantitative estimate of drug-likeness (QED) is 0.299. The molecule has 3 rings (SSSR count). The van der Waals surface area contributed by atoms with E-state index >= 15 is 0 Å². The van der Waals surface area contributed by atoms with Gasteiger partial charge in [-0.3, -0.25) is 13.9 Å². The van der Waals surface area contributed by atoms with Crippen LogP contribution in [0.1, 0.15) is 31.9 Å². The average Bonchev–Trinajstić information content (AvgIpc) is 2.93. The summed E-state index contributed by atoms with van der Waals surface area (Å²) in [4.78, 5) is 28.5.